The van der Waals surface area contributed by atoms with Gasteiger partial charge in [-0.1, -0.05) is 17.7 Å². The molecule has 3 rings (SSSR count). The Hall–Kier alpha value is -2.40. The number of imidazole rings is 1. The van der Waals surface area contributed by atoms with Gasteiger partial charge < -0.3 is 4.74 Å². The van der Waals surface area contributed by atoms with Gasteiger partial charge in [0.05, 0.1) is 12.8 Å². The lowest BCUT2D eigenvalue weighted by Crippen LogP contribution is -1.86. The highest BCUT2D eigenvalue weighted by Gasteiger charge is 2.10. The molecule has 0 amide bonds. The van der Waals surface area contributed by atoms with E-state index in [1.54, 1.807) is 13.2 Å². The molecule has 0 unspecified atom stereocenters. The van der Waals surface area contributed by atoms with Crippen molar-refractivity contribution in [1.29, 1.82) is 0 Å². The van der Waals surface area contributed by atoms with Gasteiger partial charge in [-0.2, -0.15) is 0 Å². The number of rotatable bonds is 3. The molecule has 0 saturated heterocycles. The molecular formula is C17H17ClN4O. The van der Waals surface area contributed by atoms with E-state index in [1.807, 2.05) is 49.6 Å². The predicted molar refractivity (Wildman–Crippen MR) is 91.6 cm³/mol. The molecule has 2 aromatic heterocycles. The van der Waals surface area contributed by atoms with Crippen molar-refractivity contribution < 1.29 is 4.74 Å². The molecule has 0 saturated carbocycles. The average Bonchev–Trinajstić information content (AvgIpc) is 2.83. The molecule has 1 aromatic carbocycles. The molecule has 23 heavy (non-hydrogen) atoms. The summed E-state index contributed by atoms with van der Waals surface area (Å²) in [6.45, 7) is 5.87. The molecule has 0 N–H and O–H groups in total. The molecule has 6 heteroatoms. The molecule has 0 bridgehead atoms. The number of aromatic nitrogens is 2. The van der Waals surface area contributed by atoms with E-state index in [0.29, 0.717) is 22.3 Å². The van der Waals surface area contributed by atoms with E-state index < -0.39 is 0 Å². The first kappa shape index (κ1) is 15.5. The van der Waals surface area contributed by atoms with E-state index in [2.05, 4.69) is 15.2 Å². The molecule has 0 aliphatic rings. The monoisotopic (exact) mass is 328 g/mol. The maximum atomic E-state index is 6.12. The highest BCUT2D eigenvalue weighted by molar-refractivity contribution is 6.31. The molecule has 0 fully saturated rings. The summed E-state index contributed by atoms with van der Waals surface area (Å²) < 4.78 is 7.26. The summed E-state index contributed by atoms with van der Waals surface area (Å²) in [4.78, 5) is 4.50. The van der Waals surface area contributed by atoms with Crippen LogP contribution in [0.3, 0.4) is 0 Å². The molecule has 0 radical (unpaired) electrons. The minimum absolute atomic E-state index is 0.590. The zero-order valence-corrected chi connectivity index (χ0v) is 14.2. The first-order chi connectivity index (χ1) is 11.0. The van der Waals surface area contributed by atoms with E-state index in [4.69, 9.17) is 16.3 Å². The molecule has 118 valence electrons. The van der Waals surface area contributed by atoms with Crippen molar-refractivity contribution in [3.63, 3.8) is 0 Å². The zero-order chi connectivity index (χ0) is 16.6. The Labute approximate surface area is 139 Å². The standard InChI is InChI=1S/C17H17ClN4O/c1-10-5-6-16-19-12(3)17(22(16)9-10)21-20-14-7-11(2)13(18)8-15(14)23-4/h5-9H,1-4H3. The fraction of sp³-hybridized carbons (Fsp3) is 0.235. The number of fused-ring (bicyclic) bond motifs is 1. The minimum Gasteiger partial charge on any atom is -0.494 e. The van der Waals surface area contributed by atoms with Crippen LogP contribution in [0.4, 0.5) is 11.5 Å². The zero-order valence-electron chi connectivity index (χ0n) is 13.5. The van der Waals surface area contributed by atoms with E-state index in [9.17, 15) is 0 Å². The maximum absolute atomic E-state index is 6.12. The van der Waals surface area contributed by atoms with Crippen molar-refractivity contribution >= 4 is 28.8 Å². The largest absolute Gasteiger partial charge is 0.494 e. The minimum atomic E-state index is 0.590. The number of nitrogens with zero attached hydrogens (tertiary/aromatic N) is 4. The lowest BCUT2D eigenvalue weighted by atomic mass is 10.2. The number of aryl methyl sites for hydroxylation is 3. The second kappa shape index (κ2) is 6.01. The molecule has 0 aliphatic heterocycles. The average molecular weight is 329 g/mol. The van der Waals surface area contributed by atoms with Crippen LogP contribution in [0.1, 0.15) is 16.8 Å². The summed E-state index contributed by atoms with van der Waals surface area (Å²) in [5.74, 6) is 1.30. The molecule has 0 atom stereocenters. The summed E-state index contributed by atoms with van der Waals surface area (Å²) >= 11 is 6.12. The van der Waals surface area contributed by atoms with Crippen molar-refractivity contribution in [1.82, 2.24) is 9.38 Å². The predicted octanol–water partition coefficient (Wildman–Crippen LogP) is 5.34. The van der Waals surface area contributed by atoms with Crippen molar-refractivity contribution in [2.75, 3.05) is 7.11 Å². The Morgan fingerprint density at radius 2 is 1.91 bits per heavy atom. The van der Waals surface area contributed by atoms with E-state index in [1.165, 1.54) is 0 Å². The van der Waals surface area contributed by atoms with Crippen LogP contribution in [0.2, 0.25) is 5.02 Å². The highest BCUT2D eigenvalue weighted by Crippen LogP contribution is 2.34. The number of hydrogen-bond acceptors (Lipinski definition) is 4. The number of methoxy groups -OCH3 is 1. The van der Waals surface area contributed by atoms with Gasteiger partial charge in [-0.25, -0.2) is 4.98 Å². The molecule has 2 heterocycles. The van der Waals surface area contributed by atoms with Crippen LogP contribution in [0.25, 0.3) is 5.65 Å². The van der Waals surface area contributed by atoms with Crippen LogP contribution >= 0.6 is 11.6 Å². The van der Waals surface area contributed by atoms with Gasteiger partial charge in [0, 0.05) is 17.3 Å². The van der Waals surface area contributed by atoms with Gasteiger partial charge in [0.15, 0.2) is 5.82 Å². The van der Waals surface area contributed by atoms with Crippen molar-refractivity contribution in [2.24, 2.45) is 10.2 Å². The molecular weight excluding hydrogens is 312 g/mol. The van der Waals surface area contributed by atoms with Gasteiger partial charge in [0.1, 0.15) is 17.1 Å². The Morgan fingerprint density at radius 3 is 2.65 bits per heavy atom. The first-order valence-corrected chi connectivity index (χ1v) is 7.58. The SMILES string of the molecule is COc1cc(Cl)c(C)cc1N=Nc1c(C)nc2ccc(C)cn12. The Morgan fingerprint density at radius 1 is 1.13 bits per heavy atom. The third-order valence-corrected chi connectivity index (χ3v) is 4.03. The number of ether oxygens (including phenoxy) is 1. The molecule has 5 nitrogen and oxygen atoms in total. The topological polar surface area (TPSA) is 51.2 Å². The fourth-order valence-electron chi connectivity index (χ4n) is 2.37. The second-order valence-electron chi connectivity index (χ2n) is 5.43. The van der Waals surface area contributed by atoms with Crippen LogP contribution in [0, 0.1) is 20.8 Å². The maximum Gasteiger partial charge on any atom is 0.182 e. The van der Waals surface area contributed by atoms with Crippen LogP contribution in [-0.4, -0.2) is 16.5 Å². The lowest BCUT2D eigenvalue weighted by molar-refractivity contribution is 0.416. The number of pyridine rings is 1. The smallest absolute Gasteiger partial charge is 0.182 e. The van der Waals surface area contributed by atoms with Crippen molar-refractivity contribution in [3.05, 3.63) is 52.3 Å². The Kier molecular flexibility index (Phi) is 4.05. The van der Waals surface area contributed by atoms with Gasteiger partial charge in [0.25, 0.3) is 0 Å². The number of halogens is 1. The molecule has 0 aliphatic carbocycles. The first-order valence-electron chi connectivity index (χ1n) is 7.21. The third-order valence-electron chi connectivity index (χ3n) is 3.62. The summed E-state index contributed by atoms with van der Waals surface area (Å²) in [6.07, 6.45) is 1.99. The summed E-state index contributed by atoms with van der Waals surface area (Å²) in [5.41, 5.74) is 4.36. The molecule has 3 aromatic rings. The lowest BCUT2D eigenvalue weighted by Gasteiger charge is -2.06. The second-order valence-corrected chi connectivity index (χ2v) is 5.84. The van der Waals surface area contributed by atoms with Crippen LogP contribution < -0.4 is 4.74 Å². The van der Waals surface area contributed by atoms with Crippen LogP contribution in [0.5, 0.6) is 5.75 Å². The van der Waals surface area contributed by atoms with Crippen LogP contribution in [-0.2, 0) is 0 Å². The number of azo groups is 1. The van der Waals surface area contributed by atoms with Crippen LogP contribution in [0.15, 0.2) is 40.7 Å². The van der Waals surface area contributed by atoms with Gasteiger partial charge in [-0.3, -0.25) is 4.40 Å². The quantitative estimate of drug-likeness (QED) is 0.609. The molecule has 0 spiro atoms. The van der Waals surface area contributed by atoms with Gasteiger partial charge >= 0.3 is 0 Å². The highest BCUT2D eigenvalue weighted by atomic mass is 35.5. The Bertz CT molecular complexity index is 915. The number of benzene rings is 1. The van der Waals surface area contributed by atoms with Gasteiger partial charge in [-0.15, -0.1) is 10.2 Å². The fourth-order valence-corrected chi connectivity index (χ4v) is 2.52. The van der Waals surface area contributed by atoms with E-state index in [-0.39, 0.29) is 0 Å². The number of hydrogen-bond donors (Lipinski definition) is 0. The Balaban J connectivity index is 2.09. The normalized spacial score (nSPS) is 11.5. The summed E-state index contributed by atoms with van der Waals surface area (Å²) in [6, 6.07) is 7.59. The van der Waals surface area contributed by atoms with Crippen molar-refractivity contribution in [2.45, 2.75) is 20.8 Å². The van der Waals surface area contributed by atoms with Crippen molar-refractivity contribution in [3.8, 4) is 5.75 Å². The summed E-state index contributed by atoms with van der Waals surface area (Å²) in [7, 11) is 1.59. The van der Waals surface area contributed by atoms with E-state index >= 15 is 0 Å². The van der Waals surface area contributed by atoms with E-state index in [0.717, 1.165) is 22.5 Å². The van der Waals surface area contributed by atoms with Gasteiger partial charge in [-0.05, 0) is 44.0 Å². The van der Waals surface area contributed by atoms with Gasteiger partial charge in [0.2, 0.25) is 0 Å². The third kappa shape index (κ3) is 2.92. The summed E-state index contributed by atoms with van der Waals surface area (Å²) in [5, 5.41) is 9.37.